The Morgan fingerprint density at radius 3 is 2.55 bits per heavy atom. The molecule has 1 amide bonds. The Balaban J connectivity index is 1.55. The molecule has 1 N–H and O–H groups in total. The van der Waals surface area contributed by atoms with Crippen molar-refractivity contribution in [2.75, 3.05) is 12.9 Å². The molecule has 152 valence electrons. The third-order valence-corrected chi connectivity index (χ3v) is 5.69. The molecule has 0 bridgehead atoms. The molecule has 29 heavy (non-hydrogen) atoms. The van der Waals surface area contributed by atoms with Gasteiger partial charge in [-0.3, -0.25) is 9.00 Å². The van der Waals surface area contributed by atoms with Crippen molar-refractivity contribution in [3.8, 4) is 17.2 Å². The average molecular weight is 413 g/mol. The second-order valence-electron chi connectivity index (χ2n) is 6.69. The minimum atomic E-state index is -1.38. The van der Waals surface area contributed by atoms with E-state index in [1.165, 1.54) is 0 Å². The van der Waals surface area contributed by atoms with Gasteiger partial charge in [-0.05, 0) is 43.2 Å². The number of rotatable bonds is 8. The van der Waals surface area contributed by atoms with Crippen molar-refractivity contribution in [2.24, 2.45) is 0 Å². The van der Waals surface area contributed by atoms with E-state index < -0.39 is 10.8 Å². The summed E-state index contributed by atoms with van der Waals surface area (Å²) in [4.78, 5) is 16.6. The number of aryl methyl sites for hydroxylation is 2. The lowest BCUT2D eigenvalue weighted by Crippen LogP contribution is -2.28. The van der Waals surface area contributed by atoms with Crippen molar-refractivity contribution in [1.29, 1.82) is 0 Å². The molecule has 3 rings (SSSR count). The summed E-state index contributed by atoms with van der Waals surface area (Å²) in [5, 5.41) is 2.79. The summed E-state index contributed by atoms with van der Waals surface area (Å²) in [5.74, 6) is 1.72. The van der Waals surface area contributed by atoms with Gasteiger partial charge in [0.15, 0.2) is 0 Å². The lowest BCUT2D eigenvalue weighted by molar-refractivity contribution is -0.118. The number of carbonyl (C=O) groups is 1. The standard InChI is InChI=1S/C22H24N2O4S/c1-15-6-4-5-7-19(15)22-24-20(16(2)28-22)13-29(26)14-21(25)23-12-17-8-10-18(27-3)11-9-17/h4-11H,12-14H2,1-3H3,(H,23,25)/t29-/m1/s1. The monoisotopic (exact) mass is 412 g/mol. The zero-order valence-corrected chi connectivity index (χ0v) is 17.5. The highest BCUT2D eigenvalue weighted by Crippen LogP contribution is 2.25. The van der Waals surface area contributed by atoms with E-state index in [-0.39, 0.29) is 17.4 Å². The topological polar surface area (TPSA) is 81.4 Å². The number of ether oxygens (including phenoxy) is 1. The lowest BCUT2D eigenvalue weighted by Gasteiger charge is -2.06. The van der Waals surface area contributed by atoms with Crippen LogP contribution in [0.1, 0.15) is 22.6 Å². The van der Waals surface area contributed by atoms with Crippen molar-refractivity contribution in [2.45, 2.75) is 26.1 Å². The van der Waals surface area contributed by atoms with Crippen LogP contribution >= 0.6 is 0 Å². The summed E-state index contributed by atoms with van der Waals surface area (Å²) < 4.78 is 23.3. The fourth-order valence-electron chi connectivity index (χ4n) is 2.83. The van der Waals surface area contributed by atoms with Gasteiger partial charge in [-0.1, -0.05) is 30.3 Å². The van der Waals surface area contributed by atoms with Gasteiger partial charge in [-0.15, -0.1) is 0 Å². The molecule has 7 heteroatoms. The number of oxazole rings is 1. The summed E-state index contributed by atoms with van der Waals surface area (Å²) in [5.41, 5.74) is 3.52. The Bertz CT molecular complexity index is 1010. The highest BCUT2D eigenvalue weighted by Gasteiger charge is 2.16. The fraction of sp³-hybridized carbons (Fsp3) is 0.273. The molecule has 0 saturated heterocycles. The number of nitrogens with zero attached hydrogens (tertiary/aromatic N) is 1. The number of carbonyl (C=O) groups excluding carboxylic acids is 1. The van der Waals surface area contributed by atoms with Gasteiger partial charge in [-0.25, -0.2) is 4.98 Å². The molecular formula is C22H24N2O4S. The van der Waals surface area contributed by atoms with Gasteiger partial charge in [0.25, 0.3) is 0 Å². The molecule has 6 nitrogen and oxygen atoms in total. The van der Waals surface area contributed by atoms with Gasteiger partial charge in [0.1, 0.15) is 17.3 Å². The lowest BCUT2D eigenvalue weighted by atomic mass is 10.1. The van der Waals surface area contributed by atoms with Crippen molar-refractivity contribution in [3.05, 3.63) is 71.1 Å². The number of hydrogen-bond donors (Lipinski definition) is 1. The van der Waals surface area contributed by atoms with Crippen molar-refractivity contribution >= 4 is 16.7 Å². The van der Waals surface area contributed by atoms with Crippen LogP contribution in [0.15, 0.2) is 52.9 Å². The van der Waals surface area contributed by atoms with Gasteiger partial charge >= 0.3 is 0 Å². The second kappa shape index (κ2) is 9.52. The molecule has 1 atom stereocenters. The number of hydrogen-bond acceptors (Lipinski definition) is 5. The zero-order valence-electron chi connectivity index (χ0n) is 16.7. The molecule has 1 heterocycles. The van der Waals surface area contributed by atoms with E-state index in [1.807, 2.05) is 55.5 Å². The van der Waals surface area contributed by atoms with E-state index >= 15 is 0 Å². The molecular weight excluding hydrogens is 388 g/mol. The van der Waals surface area contributed by atoms with E-state index in [0.29, 0.717) is 23.9 Å². The third-order valence-electron chi connectivity index (χ3n) is 4.51. The smallest absolute Gasteiger partial charge is 0.232 e. The number of amides is 1. The number of nitrogens with one attached hydrogen (secondary N) is 1. The van der Waals surface area contributed by atoms with Crippen molar-refractivity contribution in [3.63, 3.8) is 0 Å². The molecule has 0 aliphatic heterocycles. The molecule has 0 radical (unpaired) electrons. The van der Waals surface area contributed by atoms with E-state index in [4.69, 9.17) is 9.15 Å². The number of aromatic nitrogens is 1. The Hall–Kier alpha value is -2.93. The predicted molar refractivity (Wildman–Crippen MR) is 113 cm³/mol. The van der Waals surface area contributed by atoms with Crippen LogP contribution in [0.5, 0.6) is 5.75 Å². The molecule has 2 aromatic carbocycles. The van der Waals surface area contributed by atoms with E-state index in [1.54, 1.807) is 14.0 Å². The molecule has 0 saturated carbocycles. The molecule has 0 spiro atoms. The Labute approximate surface area is 172 Å². The summed E-state index contributed by atoms with van der Waals surface area (Å²) in [6, 6.07) is 15.2. The Morgan fingerprint density at radius 2 is 1.86 bits per heavy atom. The molecule has 0 fully saturated rings. The van der Waals surface area contributed by atoms with Crippen LogP contribution in [0.3, 0.4) is 0 Å². The zero-order chi connectivity index (χ0) is 20.8. The summed E-state index contributed by atoms with van der Waals surface area (Å²) in [7, 11) is 0.227. The first-order valence-electron chi connectivity index (χ1n) is 9.23. The minimum Gasteiger partial charge on any atom is -0.497 e. The van der Waals surface area contributed by atoms with Crippen LogP contribution in [0.2, 0.25) is 0 Å². The van der Waals surface area contributed by atoms with Crippen LogP contribution in [-0.2, 0) is 27.9 Å². The maximum Gasteiger partial charge on any atom is 0.232 e. The van der Waals surface area contributed by atoms with Crippen LogP contribution in [-0.4, -0.2) is 28.0 Å². The molecule has 1 aromatic heterocycles. The van der Waals surface area contributed by atoms with Gasteiger partial charge < -0.3 is 14.5 Å². The van der Waals surface area contributed by atoms with Gasteiger partial charge in [0, 0.05) is 22.9 Å². The summed E-state index contributed by atoms with van der Waals surface area (Å²) in [6.07, 6.45) is 0. The van der Waals surface area contributed by atoms with Crippen LogP contribution in [0, 0.1) is 13.8 Å². The Morgan fingerprint density at radius 1 is 1.14 bits per heavy atom. The first-order valence-corrected chi connectivity index (χ1v) is 10.7. The van der Waals surface area contributed by atoms with Crippen molar-refractivity contribution in [1.82, 2.24) is 10.3 Å². The highest BCUT2D eigenvalue weighted by molar-refractivity contribution is 7.84. The number of methoxy groups -OCH3 is 1. The van der Waals surface area contributed by atoms with E-state index in [0.717, 1.165) is 22.4 Å². The largest absolute Gasteiger partial charge is 0.497 e. The van der Waals surface area contributed by atoms with Gasteiger partial charge in [-0.2, -0.15) is 0 Å². The Kier molecular flexibility index (Phi) is 6.82. The third kappa shape index (κ3) is 5.54. The summed E-state index contributed by atoms with van der Waals surface area (Å²) in [6.45, 7) is 4.16. The quantitative estimate of drug-likeness (QED) is 0.612. The fourth-order valence-corrected chi connectivity index (χ4v) is 3.90. The summed E-state index contributed by atoms with van der Waals surface area (Å²) >= 11 is 0. The molecule has 3 aromatic rings. The van der Waals surface area contributed by atoms with Crippen LogP contribution in [0.25, 0.3) is 11.5 Å². The maximum absolute atomic E-state index is 12.4. The maximum atomic E-state index is 12.4. The SMILES string of the molecule is COc1ccc(CNC(=O)C[S@](=O)Cc2nc(-c3ccccc3C)oc2C)cc1. The first-order chi connectivity index (χ1) is 14.0. The van der Waals surface area contributed by atoms with Gasteiger partial charge in [0.2, 0.25) is 11.8 Å². The van der Waals surface area contributed by atoms with Gasteiger partial charge in [0.05, 0.1) is 18.6 Å². The number of benzene rings is 2. The molecule has 0 unspecified atom stereocenters. The predicted octanol–water partition coefficient (Wildman–Crippen LogP) is 3.53. The average Bonchev–Trinajstić information content (AvgIpc) is 3.07. The van der Waals surface area contributed by atoms with E-state index in [9.17, 15) is 9.00 Å². The van der Waals surface area contributed by atoms with Crippen molar-refractivity contribution < 1.29 is 18.2 Å². The molecule has 0 aliphatic rings. The first kappa shape index (κ1) is 20.8. The van der Waals surface area contributed by atoms with E-state index in [2.05, 4.69) is 10.3 Å². The van der Waals surface area contributed by atoms with Crippen LogP contribution < -0.4 is 10.1 Å². The highest BCUT2D eigenvalue weighted by atomic mass is 32.2. The second-order valence-corrected chi connectivity index (χ2v) is 8.15. The normalized spacial score (nSPS) is 11.8. The molecule has 0 aliphatic carbocycles. The minimum absolute atomic E-state index is 0.0812. The van der Waals surface area contributed by atoms with Crippen LogP contribution in [0.4, 0.5) is 0 Å².